The Balaban J connectivity index is 2.05. The van der Waals surface area contributed by atoms with E-state index in [1.54, 1.807) is 25.7 Å². The molecular weight excluding hydrogens is 276 g/mol. The number of morpholine rings is 1. The third kappa shape index (κ3) is 4.07. The van der Waals surface area contributed by atoms with Crippen molar-refractivity contribution >= 4 is 12.0 Å². The summed E-state index contributed by atoms with van der Waals surface area (Å²) >= 11 is 0. The molecule has 7 heteroatoms. The van der Waals surface area contributed by atoms with Gasteiger partial charge in [0.05, 0.1) is 25.9 Å². The predicted molar refractivity (Wildman–Crippen MR) is 74.8 cm³/mol. The summed E-state index contributed by atoms with van der Waals surface area (Å²) in [5.41, 5.74) is -0.628. The van der Waals surface area contributed by atoms with Gasteiger partial charge in [0.2, 0.25) is 5.91 Å². The number of ether oxygens (including phenoxy) is 2. The van der Waals surface area contributed by atoms with Crippen LogP contribution in [0.1, 0.15) is 27.2 Å². The Labute approximate surface area is 124 Å². The second-order valence-corrected chi connectivity index (χ2v) is 6.48. The zero-order chi connectivity index (χ0) is 15.6. The summed E-state index contributed by atoms with van der Waals surface area (Å²) in [5, 5.41) is 9.82. The largest absolute Gasteiger partial charge is 0.444 e. The minimum atomic E-state index is -0.687. The Kier molecular flexibility index (Phi) is 4.73. The van der Waals surface area contributed by atoms with E-state index in [1.807, 2.05) is 0 Å². The number of aliphatic hydroxyl groups is 1. The molecule has 2 aliphatic heterocycles. The first kappa shape index (κ1) is 16.0. The molecule has 7 nitrogen and oxygen atoms in total. The van der Waals surface area contributed by atoms with Gasteiger partial charge in [-0.1, -0.05) is 0 Å². The van der Waals surface area contributed by atoms with Crippen LogP contribution in [-0.2, 0) is 14.3 Å². The van der Waals surface area contributed by atoms with E-state index in [-0.39, 0.29) is 18.9 Å². The minimum Gasteiger partial charge on any atom is -0.444 e. The maximum absolute atomic E-state index is 12.5. The SMILES string of the molecule is CC(C)(C)OC(=O)N1C[C@@H](O)C[C@H]1C(=O)N1CCOCC1. The van der Waals surface area contributed by atoms with Gasteiger partial charge in [0, 0.05) is 19.5 Å². The highest BCUT2D eigenvalue weighted by Crippen LogP contribution is 2.23. The molecule has 2 aliphatic rings. The maximum Gasteiger partial charge on any atom is 0.411 e. The molecule has 0 aromatic heterocycles. The number of aliphatic hydroxyl groups excluding tert-OH is 1. The lowest BCUT2D eigenvalue weighted by Gasteiger charge is -2.33. The van der Waals surface area contributed by atoms with Crippen LogP contribution in [0.5, 0.6) is 0 Å². The smallest absolute Gasteiger partial charge is 0.411 e. The Bertz CT molecular complexity index is 401. The summed E-state index contributed by atoms with van der Waals surface area (Å²) in [6, 6.07) is -0.645. The van der Waals surface area contributed by atoms with Crippen LogP contribution in [0, 0.1) is 0 Å². The highest BCUT2D eigenvalue weighted by Gasteiger charge is 2.42. The van der Waals surface area contributed by atoms with Crippen LogP contribution >= 0.6 is 0 Å². The molecule has 0 aromatic rings. The molecule has 0 aliphatic carbocycles. The average Bonchev–Trinajstić information content (AvgIpc) is 2.79. The first-order valence-corrected chi connectivity index (χ1v) is 7.32. The molecule has 2 rings (SSSR count). The molecule has 2 atom stereocenters. The molecule has 0 aromatic carbocycles. The molecule has 2 amide bonds. The summed E-state index contributed by atoms with van der Waals surface area (Å²) in [6.07, 6.45) is -0.978. The summed E-state index contributed by atoms with van der Waals surface area (Å²) in [4.78, 5) is 27.8. The van der Waals surface area contributed by atoms with Crippen LogP contribution in [-0.4, -0.2) is 77.5 Å². The predicted octanol–water partition coefficient (Wildman–Crippen LogP) is 0.215. The van der Waals surface area contributed by atoms with E-state index < -0.39 is 23.8 Å². The van der Waals surface area contributed by atoms with Crippen molar-refractivity contribution in [2.24, 2.45) is 0 Å². The van der Waals surface area contributed by atoms with Gasteiger partial charge in [-0.15, -0.1) is 0 Å². The molecule has 1 N–H and O–H groups in total. The number of β-amino-alcohol motifs (C(OH)–C–C–N with tert-alkyl or cyclic N) is 1. The molecule has 0 saturated carbocycles. The summed E-state index contributed by atoms with van der Waals surface area (Å²) in [5.74, 6) is -0.138. The normalized spacial score (nSPS) is 26.9. The van der Waals surface area contributed by atoms with E-state index in [9.17, 15) is 14.7 Å². The first-order valence-electron chi connectivity index (χ1n) is 7.32. The number of nitrogens with zero attached hydrogens (tertiary/aromatic N) is 2. The number of rotatable bonds is 1. The van der Waals surface area contributed by atoms with Gasteiger partial charge in [-0.25, -0.2) is 4.79 Å². The fourth-order valence-corrected chi connectivity index (χ4v) is 2.56. The number of likely N-dealkylation sites (tertiary alicyclic amines) is 1. The molecule has 2 fully saturated rings. The van der Waals surface area contributed by atoms with Crippen molar-refractivity contribution in [2.45, 2.75) is 44.9 Å². The second kappa shape index (κ2) is 6.19. The molecule has 21 heavy (non-hydrogen) atoms. The van der Waals surface area contributed by atoms with Crippen molar-refractivity contribution in [1.29, 1.82) is 0 Å². The summed E-state index contributed by atoms with van der Waals surface area (Å²) in [7, 11) is 0. The lowest BCUT2D eigenvalue weighted by atomic mass is 10.1. The van der Waals surface area contributed by atoms with Gasteiger partial charge in [-0.2, -0.15) is 0 Å². The van der Waals surface area contributed by atoms with Crippen molar-refractivity contribution in [1.82, 2.24) is 9.80 Å². The lowest BCUT2D eigenvalue weighted by Crippen LogP contribution is -2.51. The first-order chi connectivity index (χ1) is 9.78. The van der Waals surface area contributed by atoms with Crippen LogP contribution in [0.3, 0.4) is 0 Å². The fourth-order valence-electron chi connectivity index (χ4n) is 2.56. The highest BCUT2D eigenvalue weighted by atomic mass is 16.6. The molecule has 0 unspecified atom stereocenters. The van der Waals surface area contributed by atoms with Gasteiger partial charge >= 0.3 is 6.09 Å². The Morgan fingerprint density at radius 2 is 1.86 bits per heavy atom. The topological polar surface area (TPSA) is 79.3 Å². The van der Waals surface area contributed by atoms with Crippen molar-refractivity contribution in [3.8, 4) is 0 Å². The van der Waals surface area contributed by atoms with Gasteiger partial charge in [-0.3, -0.25) is 9.69 Å². The van der Waals surface area contributed by atoms with Gasteiger partial charge in [0.25, 0.3) is 0 Å². The maximum atomic E-state index is 12.5. The zero-order valence-corrected chi connectivity index (χ0v) is 12.9. The van der Waals surface area contributed by atoms with Crippen molar-refractivity contribution in [3.63, 3.8) is 0 Å². The third-order valence-corrected chi connectivity index (χ3v) is 3.51. The zero-order valence-electron chi connectivity index (χ0n) is 12.9. The van der Waals surface area contributed by atoms with Crippen LogP contribution in [0.25, 0.3) is 0 Å². The van der Waals surface area contributed by atoms with E-state index in [1.165, 1.54) is 4.90 Å². The Hall–Kier alpha value is -1.34. The molecule has 2 heterocycles. The van der Waals surface area contributed by atoms with E-state index in [0.29, 0.717) is 26.3 Å². The molecule has 0 spiro atoms. The van der Waals surface area contributed by atoms with Crippen molar-refractivity contribution in [2.75, 3.05) is 32.8 Å². The number of hydrogen-bond acceptors (Lipinski definition) is 5. The average molecular weight is 300 g/mol. The highest BCUT2D eigenvalue weighted by molar-refractivity contribution is 5.86. The van der Waals surface area contributed by atoms with Crippen LogP contribution in [0.4, 0.5) is 4.79 Å². The van der Waals surface area contributed by atoms with E-state index in [0.717, 1.165) is 0 Å². The summed E-state index contributed by atoms with van der Waals surface area (Å²) in [6.45, 7) is 7.51. The molecule has 120 valence electrons. The van der Waals surface area contributed by atoms with E-state index in [2.05, 4.69) is 0 Å². The molecule has 0 bridgehead atoms. The van der Waals surface area contributed by atoms with E-state index in [4.69, 9.17) is 9.47 Å². The van der Waals surface area contributed by atoms with Crippen molar-refractivity contribution < 1.29 is 24.2 Å². The molecular formula is C14H24N2O5. The molecule has 2 saturated heterocycles. The minimum absolute atomic E-state index is 0.135. The van der Waals surface area contributed by atoms with Crippen LogP contribution in [0.15, 0.2) is 0 Å². The summed E-state index contributed by atoms with van der Waals surface area (Å²) < 4.78 is 10.5. The van der Waals surface area contributed by atoms with Crippen LogP contribution in [0.2, 0.25) is 0 Å². The molecule has 0 radical (unpaired) electrons. The fraction of sp³-hybridized carbons (Fsp3) is 0.857. The van der Waals surface area contributed by atoms with Crippen LogP contribution < -0.4 is 0 Å². The van der Waals surface area contributed by atoms with Crippen molar-refractivity contribution in [3.05, 3.63) is 0 Å². The number of amides is 2. The standard InChI is InChI=1S/C14H24N2O5/c1-14(2,3)21-13(19)16-9-10(17)8-11(16)12(18)15-4-6-20-7-5-15/h10-11,17H,4-9H2,1-3H3/t10-,11-/m0/s1. The van der Waals surface area contributed by atoms with Gasteiger partial charge < -0.3 is 19.5 Å². The van der Waals surface area contributed by atoms with Gasteiger partial charge in [0.15, 0.2) is 0 Å². The van der Waals surface area contributed by atoms with Gasteiger partial charge in [0.1, 0.15) is 11.6 Å². The second-order valence-electron chi connectivity index (χ2n) is 6.48. The number of carbonyl (C=O) groups excluding carboxylic acids is 2. The lowest BCUT2D eigenvalue weighted by molar-refractivity contribution is -0.140. The quantitative estimate of drug-likeness (QED) is 0.749. The number of carbonyl (C=O) groups is 2. The Morgan fingerprint density at radius 3 is 2.43 bits per heavy atom. The van der Waals surface area contributed by atoms with Gasteiger partial charge in [-0.05, 0) is 20.8 Å². The van der Waals surface area contributed by atoms with E-state index >= 15 is 0 Å². The number of hydrogen-bond donors (Lipinski definition) is 1. The Morgan fingerprint density at radius 1 is 1.24 bits per heavy atom. The monoisotopic (exact) mass is 300 g/mol. The third-order valence-electron chi connectivity index (χ3n) is 3.51.